The largest absolute Gasteiger partial charge is 0.481 e. The van der Waals surface area contributed by atoms with Crippen molar-refractivity contribution < 1.29 is 14.7 Å². The number of ketones is 1. The van der Waals surface area contributed by atoms with E-state index in [9.17, 15) is 14.7 Å². The van der Waals surface area contributed by atoms with Crippen molar-refractivity contribution in [1.82, 2.24) is 4.98 Å². The zero-order chi connectivity index (χ0) is 28.5. The van der Waals surface area contributed by atoms with Crippen molar-refractivity contribution >= 4 is 28.9 Å². The molecule has 208 valence electrons. The van der Waals surface area contributed by atoms with E-state index in [1.54, 1.807) is 0 Å². The van der Waals surface area contributed by atoms with Crippen LogP contribution in [0, 0.1) is 30.6 Å². The summed E-state index contributed by atoms with van der Waals surface area (Å²) in [6, 6.07) is -0.240. The van der Waals surface area contributed by atoms with Crippen LogP contribution in [0.4, 0.5) is 0 Å². The summed E-state index contributed by atoms with van der Waals surface area (Å²) in [4.78, 5) is 44.2. The number of Topliss-reactive ketones (excluding diaryl/α,β-unsaturated/α-hetero) is 1. The normalized spacial score (nSPS) is 29.1. The van der Waals surface area contributed by atoms with Gasteiger partial charge in [-0.15, -0.1) is 6.58 Å². The van der Waals surface area contributed by atoms with Gasteiger partial charge < -0.3 is 10.1 Å². The second-order valence-electron chi connectivity index (χ2n) is 12.0. The molecule has 5 aliphatic rings. The molecule has 0 radical (unpaired) electrons. The van der Waals surface area contributed by atoms with Crippen LogP contribution in [-0.4, -0.2) is 45.0 Å². The van der Waals surface area contributed by atoms with Crippen molar-refractivity contribution in [3.05, 3.63) is 69.4 Å². The molecule has 6 rings (SSSR count). The van der Waals surface area contributed by atoms with Crippen LogP contribution in [0.15, 0.2) is 61.8 Å². The van der Waals surface area contributed by atoms with Gasteiger partial charge in [-0.1, -0.05) is 19.9 Å². The lowest BCUT2D eigenvalue weighted by Gasteiger charge is -2.23. The molecule has 0 aromatic carbocycles. The molecule has 0 spiro atoms. The minimum atomic E-state index is -0.813. The quantitative estimate of drug-likeness (QED) is 0.470. The number of carbonyl (C=O) groups is 2. The zero-order valence-electron chi connectivity index (χ0n) is 24.1. The average Bonchev–Trinajstić information content (AvgIpc) is 3.65. The molecule has 0 amide bonds. The van der Waals surface area contributed by atoms with Crippen LogP contribution >= 0.6 is 0 Å². The van der Waals surface area contributed by atoms with Crippen molar-refractivity contribution in [2.24, 2.45) is 38.6 Å². The highest BCUT2D eigenvalue weighted by atomic mass is 16.4. The number of nitrogens with zero attached hydrogens (tertiary/aromatic N) is 3. The number of aromatic nitrogens is 1. The Hall–Kier alpha value is -3.61. The third-order valence-corrected chi connectivity index (χ3v) is 9.91. The third kappa shape index (κ3) is 4.04. The van der Waals surface area contributed by atoms with Crippen LogP contribution in [0.5, 0.6) is 0 Å². The van der Waals surface area contributed by atoms with Crippen LogP contribution in [0.25, 0.3) is 0 Å². The van der Waals surface area contributed by atoms with E-state index >= 15 is 0 Å². The number of nitrogens with one attached hydrogen (secondary N) is 1. The van der Waals surface area contributed by atoms with E-state index < -0.39 is 5.97 Å². The number of carbonyl (C=O) groups excluding carboxylic acids is 1. The molecule has 1 aromatic heterocycles. The van der Waals surface area contributed by atoms with Crippen molar-refractivity contribution in [3.8, 4) is 0 Å². The summed E-state index contributed by atoms with van der Waals surface area (Å²) in [5, 5.41) is 9.51. The molecule has 0 saturated heterocycles. The van der Waals surface area contributed by atoms with Crippen LogP contribution in [0.3, 0.4) is 0 Å². The van der Waals surface area contributed by atoms with Crippen LogP contribution < -0.4 is 0 Å². The fourth-order valence-electron chi connectivity index (χ4n) is 7.62. The highest BCUT2D eigenvalue weighted by Gasteiger charge is 2.49. The molecule has 1 fully saturated rings. The first-order valence-electron chi connectivity index (χ1n) is 14.6. The van der Waals surface area contributed by atoms with Gasteiger partial charge in [-0.25, -0.2) is 0 Å². The van der Waals surface area contributed by atoms with Gasteiger partial charge in [0.15, 0.2) is 5.78 Å². The molecule has 3 unspecified atom stereocenters. The predicted octanol–water partition coefficient (Wildman–Crippen LogP) is 5.70. The summed E-state index contributed by atoms with van der Waals surface area (Å²) in [7, 11) is 0. The number of aliphatic carboxylic acids is 1. The number of carboxylic acids is 1. The van der Waals surface area contributed by atoms with E-state index in [0.29, 0.717) is 25.7 Å². The van der Waals surface area contributed by atoms with Crippen LogP contribution in [0.2, 0.25) is 0 Å². The number of allylic oxidation sites excluding steroid dienone is 5. The first-order chi connectivity index (χ1) is 19.1. The van der Waals surface area contributed by atoms with Gasteiger partial charge >= 0.3 is 5.97 Å². The second-order valence-corrected chi connectivity index (χ2v) is 12.0. The molecule has 5 atom stereocenters. The minimum Gasteiger partial charge on any atom is -0.481 e. The molecule has 8 bridgehead atoms. The Balaban J connectivity index is 1.54. The molecule has 1 saturated carbocycles. The highest BCUT2D eigenvalue weighted by Crippen LogP contribution is 2.46. The fourth-order valence-corrected chi connectivity index (χ4v) is 7.62. The molecular formula is C33H38N4O3. The first-order valence-corrected chi connectivity index (χ1v) is 14.6. The highest BCUT2D eigenvalue weighted by molar-refractivity contribution is 6.17. The Labute approximate surface area is 235 Å². The molecule has 1 aliphatic carbocycles. The SMILES string of the molecule is C=CC1C2=NC(=C1C)C=C1N=C(C3CC(=O)C4=C(C)C(=NC43)Cc3[nH]c(c(C)c3CC)C2)[C@@H](CCC(=O)O)[C@@H]1C. The molecule has 5 heterocycles. The smallest absolute Gasteiger partial charge is 0.303 e. The molecule has 1 aromatic rings. The average molecular weight is 539 g/mol. The third-order valence-electron chi connectivity index (χ3n) is 9.91. The van der Waals surface area contributed by atoms with Gasteiger partial charge in [0.05, 0.1) is 11.7 Å². The summed E-state index contributed by atoms with van der Waals surface area (Å²) in [6.07, 6.45) is 7.28. The maximum Gasteiger partial charge on any atom is 0.303 e. The number of fused-ring (bicyclic) bond motifs is 5. The number of aromatic amines is 1. The molecule has 4 aliphatic heterocycles. The summed E-state index contributed by atoms with van der Waals surface area (Å²) >= 11 is 0. The van der Waals surface area contributed by atoms with Crippen LogP contribution in [-0.2, 0) is 28.9 Å². The van der Waals surface area contributed by atoms with E-state index in [-0.39, 0.29) is 41.9 Å². The lowest BCUT2D eigenvalue weighted by molar-refractivity contribution is -0.137. The van der Waals surface area contributed by atoms with Gasteiger partial charge in [-0.2, -0.15) is 0 Å². The molecular weight excluding hydrogens is 500 g/mol. The fraction of sp³-hybridized carbons (Fsp3) is 0.485. The summed E-state index contributed by atoms with van der Waals surface area (Å²) in [6.45, 7) is 14.8. The lowest BCUT2D eigenvalue weighted by Crippen LogP contribution is -2.29. The van der Waals surface area contributed by atoms with Crippen molar-refractivity contribution in [3.63, 3.8) is 0 Å². The van der Waals surface area contributed by atoms with Gasteiger partial charge in [0.25, 0.3) is 0 Å². The van der Waals surface area contributed by atoms with E-state index in [1.165, 1.54) is 16.8 Å². The van der Waals surface area contributed by atoms with Crippen molar-refractivity contribution in [2.75, 3.05) is 0 Å². The number of hydrogen-bond acceptors (Lipinski definition) is 5. The number of rotatable bonds is 5. The van der Waals surface area contributed by atoms with Crippen LogP contribution in [0.1, 0.15) is 69.5 Å². The Morgan fingerprint density at radius 1 is 1.20 bits per heavy atom. The first kappa shape index (κ1) is 26.6. The van der Waals surface area contributed by atoms with E-state index in [1.807, 2.05) is 13.0 Å². The topological polar surface area (TPSA) is 107 Å². The molecule has 2 N–H and O–H groups in total. The van der Waals surface area contributed by atoms with Crippen molar-refractivity contribution in [1.29, 1.82) is 0 Å². The Kier molecular flexibility index (Phi) is 6.51. The molecule has 7 nitrogen and oxygen atoms in total. The Bertz CT molecular complexity index is 1540. The maximum atomic E-state index is 13.4. The summed E-state index contributed by atoms with van der Waals surface area (Å²) in [5.74, 6) is -0.764. The van der Waals surface area contributed by atoms with Gasteiger partial charge in [-0.3, -0.25) is 24.6 Å². The summed E-state index contributed by atoms with van der Waals surface area (Å²) < 4.78 is 0. The number of hydrogen-bond donors (Lipinski definition) is 2. The van der Waals surface area contributed by atoms with Gasteiger partial charge in [0, 0.05) is 89.1 Å². The van der Waals surface area contributed by atoms with E-state index in [4.69, 9.17) is 15.0 Å². The summed E-state index contributed by atoms with van der Waals surface area (Å²) in [5.41, 5.74) is 12.7. The molecule has 40 heavy (non-hydrogen) atoms. The number of carboxylic acid groups (broad SMARTS) is 1. The Morgan fingerprint density at radius 3 is 2.67 bits per heavy atom. The van der Waals surface area contributed by atoms with Gasteiger partial charge in [0.1, 0.15) is 0 Å². The van der Waals surface area contributed by atoms with E-state index in [0.717, 1.165) is 57.4 Å². The second kappa shape index (κ2) is 9.79. The number of H-pyrrole nitrogens is 1. The zero-order valence-corrected chi connectivity index (χ0v) is 24.1. The Morgan fingerprint density at radius 2 is 1.98 bits per heavy atom. The predicted molar refractivity (Wildman–Crippen MR) is 158 cm³/mol. The van der Waals surface area contributed by atoms with Gasteiger partial charge in [0.2, 0.25) is 0 Å². The lowest BCUT2D eigenvalue weighted by atomic mass is 9.80. The van der Waals surface area contributed by atoms with E-state index in [2.05, 4.69) is 45.3 Å². The minimum absolute atomic E-state index is 0.0285. The van der Waals surface area contributed by atoms with Gasteiger partial charge in [-0.05, 0) is 62.0 Å². The standard InChI is InChI=1S/C33H38N4O3/c1-7-19-15(3)23-12-25-17(5)21(9-10-30(39)40)32(36-25)22-11-29(38)31-18(6)26(37-33(22)31)14-28-20(8-2)16(4)24(35-28)13-27(19)34-23/h7,12,17,19,21-22,33,35H,1,8-11,13-14H2,2-6H3,(H,39,40)/t17-,19?,21-,22?,33?/m0/s1. The molecule has 7 heteroatoms. The maximum absolute atomic E-state index is 13.4. The van der Waals surface area contributed by atoms with Crippen molar-refractivity contribution in [2.45, 2.75) is 79.2 Å². The monoisotopic (exact) mass is 538 g/mol. The number of aliphatic imine (C=N–C) groups is 3.